The van der Waals surface area contributed by atoms with E-state index in [0.29, 0.717) is 16.0 Å². The topological polar surface area (TPSA) is 53.6 Å². The van der Waals surface area contributed by atoms with Crippen molar-refractivity contribution in [3.05, 3.63) is 28.2 Å². The van der Waals surface area contributed by atoms with Gasteiger partial charge in [-0.2, -0.15) is 0 Å². The van der Waals surface area contributed by atoms with Gasteiger partial charge in [-0.1, -0.05) is 23.2 Å². The Morgan fingerprint density at radius 2 is 2.13 bits per heavy atom. The molecule has 6 heteroatoms. The molecule has 0 saturated heterocycles. The second kappa shape index (κ2) is 4.26. The molecule has 0 amide bonds. The van der Waals surface area contributed by atoms with Crippen molar-refractivity contribution in [2.45, 2.75) is 0 Å². The van der Waals surface area contributed by atoms with Gasteiger partial charge in [0.2, 0.25) is 5.96 Å². The van der Waals surface area contributed by atoms with E-state index in [0.717, 1.165) is 18.8 Å². The molecule has 1 aliphatic heterocycles. The van der Waals surface area contributed by atoms with Gasteiger partial charge < -0.3 is 4.90 Å². The summed E-state index contributed by atoms with van der Waals surface area (Å²) in [6, 6.07) is 5.43. The molecule has 0 aliphatic carbocycles. The van der Waals surface area contributed by atoms with Crippen molar-refractivity contribution in [1.29, 1.82) is 0 Å². The molecule has 0 unspecified atom stereocenters. The first kappa shape index (κ1) is 10.5. The molecule has 0 atom stereocenters. The number of benzene rings is 1. The number of aliphatic imine (C=N–C) groups is 1. The number of nitrogens with two attached hydrogens (primary N) is 1. The van der Waals surface area contributed by atoms with Gasteiger partial charge >= 0.3 is 0 Å². The number of hydrazine groups is 1. The minimum Gasteiger partial charge on any atom is -0.310 e. The number of rotatable bonds is 1. The van der Waals surface area contributed by atoms with Gasteiger partial charge in [0.15, 0.2) is 0 Å². The summed E-state index contributed by atoms with van der Waals surface area (Å²) in [5, 5.41) is 1.07. The molecule has 1 heterocycles. The van der Waals surface area contributed by atoms with Crippen LogP contribution in [0.25, 0.3) is 0 Å². The normalized spacial score (nSPS) is 15.4. The van der Waals surface area contributed by atoms with Crippen molar-refractivity contribution < 1.29 is 0 Å². The van der Waals surface area contributed by atoms with E-state index in [9.17, 15) is 0 Å². The maximum Gasteiger partial charge on any atom is 0.213 e. The molecular formula is C9H10Cl2N4. The SMILES string of the molecule is NNC1=NCCN1c1ccc(Cl)c(Cl)c1. The molecule has 1 aliphatic rings. The lowest BCUT2D eigenvalue weighted by molar-refractivity contribution is 0.976. The summed E-state index contributed by atoms with van der Waals surface area (Å²) >= 11 is 11.8. The summed E-state index contributed by atoms with van der Waals surface area (Å²) in [6.45, 7) is 1.51. The van der Waals surface area contributed by atoms with Crippen LogP contribution in [0.3, 0.4) is 0 Å². The third-order valence-electron chi connectivity index (χ3n) is 2.18. The van der Waals surface area contributed by atoms with Crippen molar-refractivity contribution in [3.8, 4) is 0 Å². The molecule has 0 spiro atoms. The number of hydrogen-bond acceptors (Lipinski definition) is 4. The Kier molecular flexibility index (Phi) is 3.00. The smallest absolute Gasteiger partial charge is 0.213 e. The molecule has 2 rings (SSSR count). The van der Waals surface area contributed by atoms with Gasteiger partial charge in [-0.05, 0) is 18.2 Å². The first-order valence-corrected chi connectivity index (χ1v) is 5.21. The molecule has 4 nitrogen and oxygen atoms in total. The summed E-state index contributed by atoms with van der Waals surface area (Å²) < 4.78 is 0. The lowest BCUT2D eigenvalue weighted by Crippen LogP contribution is -2.42. The second-order valence-corrected chi connectivity index (χ2v) is 3.91. The molecule has 0 bridgehead atoms. The average Bonchev–Trinajstić information content (AvgIpc) is 2.70. The fraction of sp³-hybridized carbons (Fsp3) is 0.222. The van der Waals surface area contributed by atoms with Crippen LogP contribution in [0.4, 0.5) is 5.69 Å². The average molecular weight is 245 g/mol. The zero-order valence-corrected chi connectivity index (χ0v) is 9.39. The fourth-order valence-corrected chi connectivity index (χ4v) is 1.77. The van der Waals surface area contributed by atoms with Crippen molar-refractivity contribution in [1.82, 2.24) is 5.43 Å². The van der Waals surface area contributed by atoms with Gasteiger partial charge in [0.25, 0.3) is 0 Å². The zero-order valence-electron chi connectivity index (χ0n) is 7.87. The highest BCUT2D eigenvalue weighted by molar-refractivity contribution is 6.42. The van der Waals surface area contributed by atoms with E-state index in [2.05, 4.69) is 10.4 Å². The molecule has 3 N–H and O–H groups in total. The number of halogens is 2. The van der Waals surface area contributed by atoms with Crippen molar-refractivity contribution >= 4 is 34.8 Å². The fourth-order valence-electron chi connectivity index (χ4n) is 1.48. The van der Waals surface area contributed by atoms with E-state index in [1.165, 1.54) is 0 Å². The highest BCUT2D eigenvalue weighted by Crippen LogP contribution is 2.27. The van der Waals surface area contributed by atoms with Gasteiger partial charge in [-0.15, -0.1) is 0 Å². The van der Waals surface area contributed by atoms with Crippen LogP contribution < -0.4 is 16.2 Å². The highest BCUT2D eigenvalue weighted by Gasteiger charge is 2.18. The summed E-state index contributed by atoms with van der Waals surface area (Å²) in [5.41, 5.74) is 3.48. The van der Waals surface area contributed by atoms with E-state index in [-0.39, 0.29) is 0 Å². The quantitative estimate of drug-likeness (QED) is 0.584. The lowest BCUT2D eigenvalue weighted by Gasteiger charge is -2.19. The van der Waals surface area contributed by atoms with Gasteiger partial charge in [0.05, 0.1) is 16.6 Å². The molecule has 0 saturated carbocycles. The Morgan fingerprint density at radius 1 is 1.33 bits per heavy atom. The summed E-state index contributed by atoms with van der Waals surface area (Å²) in [7, 11) is 0. The summed E-state index contributed by atoms with van der Waals surface area (Å²) in [5.74, 6) is 5.99. The standard InChI is InChI=1S/C9H10Cl2N4/c10-7-2-1-6(5-8(7)11)15-4-3-13-9(15)14-12/h1-2,5H,3-4,12H2,(H,13,14). The molecule has 0 radical (unpaired) electrons. The Hall–Kier alpha value is -0.970. The first-order valence-electron chi connectivity index (χ1n) is 4.46. The molecule has 1 aromatic carbocycles. The highest BCUT2D eigenvalue weighted by atomic mass is 35.5. The van der Waals surface area contributed by atoms with E-state index in [1.54, 1.807) is 12.1 Å². The van der Waals surface area contributed by atoms with Crippen LogP contribution >= 0.6 is 23.2 Å². The maximum atomic E-state index is 5.93. The number of guanidine groups is 1. The summed E-state index contributed by atoms with van der Waals surface area (Å²) in [6.07, 6.45) is 0. The van der Waals surface area contributed by atoms with E-state index in [4.69, 9.17) is 29.0 Å². The third kappa shape index (κ3) is 2.02. The van der Waals surface area contributed by atoms with Gasteiger partial charge in [0.1, 0.15) is 0 Å². The number of nitrogens with zero attached hydrogens (tertiary/aromatic N) is 2. The Labute approximate surface area is 97.6 Å². The predicted molar refractivity (Wildman–Crippen MR) is 63.4 cm³/mol. The monoisotopic (exact) mass is 244 g/mol. The van der Waals surface area contributed by atoms with E-state index >= 15 is 0 Å². The van der Waals surface area contributed by atoms with Crippen molar-refractivity contribution in [2.75, 3.05) is 18.0 Å². The van der Waals surface area contributed by atoms with Crippen LogP contribution in [0.5, 0.6) is 0 Å². The molecule has 15 heavy (non-hydrogen) atoms. The first-order chi connectivity index (χ1) is 7.22. The minimum atomic E-state index is 0.525. The number of anilines is 1. The number of nitrogens with one attached hydrogen (secondary N) is 1. The Balaban J connectivity index is 2.30. The Bertz CT molecular complexity index is 405. The van der Waals surface area contributed by atoms with Gasteiger partial charge in [0, 0.05) is 12.2 Å². The Morgan fingerprint density at radius 3 is 2.80 bits per heavy atom. The lowest BCUT2D eigenvalue weighted by atomic mass is 10.3. The largest absolute Gasteiger partial charge is 0.310 e. The molecule has 0 aromatic heterocycles. The number of hydrogen-bond donors (Lipinski definition) is 2. The molecule has 0 fully saturated rings. The van der Waals surface area contributed by atoms with Gasteiger partial charge in [-0.3, -0.25) is 5.43 Å². The zero-order chi connectivity index (χ0) is 10.8. The van der Waals surface area contributed by atoms with Crippen LogP contribution in [-0.4, -0.2) is 19.0 Å². The summed E-state index contributed by atoms with van der Waals surface area (Å²) in [4.78, 5) is 6.14. The maximum absolute atomic E-state index is 5.93. The van der Waals surface area contributed by atoms with Crippen LogP contribution in [0.2, 0.25) is 10.0 Å². The minimum absolute atomic E-state index is 0.525. The molecular weight excluding hydrogens is 235 g/mol. The van der Waals surface area contributed by atoms with Crippen LogP contribution in [-0.2, 0) is 0 Å². The third-order valence-corrected chi connectivity index (χ3v) is 2.92. The van der Waals surface area contributed by atoms with Crippen LogP contribution in [0, 0.1) is 0 Å². The molecule has 80 valence electrons. The van der Waals surface area contributed by atoms with Crippen molar-refractivity contribution in [2.24, 2.45) is 10.8 Å². The van der Waals surface area contributed by atoms with E-state index < -0.39 is 0 Å². The molecule has 1 aromatic rings. The predicted octanol–water partition coefficient (Wildman–Crippen LogP) is 1.63. The second-order valence-electron chi connectivity index (χ2n) is 3.10. The van der Waals surface area contributed by atoms with Gasteiger partial charge in [-0.25, -0.2) is 10.8 Å². The van der Waals surface area contributed by atoms with Crippen molar-refractivity contribution in [3.63, 3.8) is 0 Å². The van der Waals surface area contributed by atoms with Crippen LogP contribution in [0.1, 0.15) is 0 Å². The van der Waals surface area contributed by atoms with Crippen LogP contribution in [0.15, 0.2) is 23.2 Å². The van der Waals surface area contributed by atoms with E-state index in [1.807, 2.05) is 11.0 Å².